The van der Waals surface area contributed by atoms with Crippen molar-refractivity contribution in [2.24, 2.45) is 11.7 Å². The fraction of sp³-hybridized carbons (Fsp3) is 0.650. The molecular formula is C20H30N2O. The number of hydrogen-bond acceptors (Lipinski definition) is 2. The van der Waals surface area contributed by atoms with E-state index in [1.54, 1.807) is 0 Å². The second-order valence-corrected chi connectivity index (χ2v) is 7.48. The van der Waals surface area contributed by atoms with Gasteiger partial charge in [-0.2, -0.15) is 0 Å². The van der Waals surface area contributed by atoms with E-state index in [1.807, 2.05) is 11.8 Å². The van der Waals surface area contributed by atoms with E-state index in [4.69, 9.17) is 5.73 Å². The Morgan fingerprint density at radius 1 is 1.30 bits per heavy atom. The molecule has 0 saturated heterocycles. The predicted molar refractivity (Wildman–Crippen MR) is 95.7 cm³/mol. The number of rotatable bonds is 5. The van der Waals surface area contributed by atoms with Gasteiger partial charge in [0, 0.05) is 24.7 Å². The molecule has 1 atom stereocenters. The van der Waals surface area contributed by atoms with E-state index in [-0.39, 0.29) is 6.04 Å². The third-order valence-electron chi connectivity index (χ3n) is 5.39. The van der Waals surface area contributed by atoms with E-state index in [9.17, 15) is 4.79 Å². The zero-order chi connectivity index (χ0) is 16.2. The van der Waals surface area contributed by atoms with Gasteiger partial charge in [-0.1, -0.05) is 44.2 Å². The quantitative estimate of drug-likeness (QED) is 0.898. The lowest BCUT2D eigenvalue weighted by atomic mass is 9.86. The molecule has 1 aromatic carbocycles. The number of amides is 1. The number of hydrogen-bond donors (Lipinski definition) is 1. The van der Waals surface area contributed by atoms with Gasteiger partial charge >= 0.3 is 0 Å². The average Bonchev–Trinajstić information content (AvgIpc) is 2.96. The Morgan fingerprint density at radius 3 is 2.83 bits per heavy atom. The molecule has 126 valence electrons. The van der Waals surface area contributed by atoms with Crippen LogP contribution < -0.4 is 10.6 Å². The standard InChI is InChI=1S/C20H30N2O/c1-15(21)13-17-7-9-19-18(14-17)11-12-22(19)20(23)10-8-16-5-3-2-4-6-16/h7,9,14-16H,2-6,8,10-13,21H2,1H3. The molecule has 1 aromatic rings. The monoisotopic (exact) mass is 314 g/mol. The van der Waals surface area contributed by atoms with E-state index < -0.39 is 0 Å². The molecule has 1 aliphatic carbocycles. The smallest absolute Gasteiger partial charge is 0.227 e. The van der Waals surface area contributed by atoms with Gasteiger partial charge in [0.05, 0.1) is 0 Å². The van der Waals surface area contributed by atoms with Gasteiger partial charge in [-0.25, -0.2) is 0 Å². The number of benzene rings is 1. The third-order valence-corrected chi connectivity index (χ3v) is 5.39. The van der Waals surface area contributed by atoms with Crippen molar-refractivity contribution in [3.63, 3.8) is 0 Å². The van der Waals surface area contributed by atoms with Gasteiger partial charge in [0.25, 0.3) is 0 Å². The van der Waals surface area contributed by atoms with Crippen LogP contribution in [0.25, 0.3) is 0 Å². The van der Waals surface area contributed by atoms with E-state index in [1.165, 1.54) is 43.2 Å². The molecule has 2 aliphatic rings. The van der Waals surface area contributed by atoms with Crippen LogP contribution >= 0.6 is 0 Å². The molecule has 3 heteroatoms. The number of nitrogens with two attached hydrogens (primary N) is 1. The minimum Gasteiger partial charge on any atom is -0.328 e. The first kappa shape index (κ1) is 16.5. The zero-order valence-corrected chi connectivity index (χ0v) is 14.4. The highest BCUT2D eigenvalue weighted by Gasteiger charge is 2.25. The lowest BCUT2D eigenvalue weighted by Gasteiger charge is -2.23. The summed E-state index contributed by atoms with van der Waals surface area (Å²) in [5, 5.41) is 0. The maximum atomic E-state index is 12.6. The summed E-state index contributed by atoms with van der Waals surface area (Å²) in [4.78, 5) is 14.6. The topological polar surface area (TPSA) is 46.3 Å². The molecule has 0 bridgehead atoms. The van der Waals surface area contributed by atoms with Crippen LogP contribution in [-0.2, 0) is 17.6 Å². The van der Waals surface area contributed by atoms with Gasteiger partial charge in [-0.3, -0.25) is 4.79 Å². The minimum absolute atomic E-state index is 0.183. The van der Waals surface area contributed by atoms with Gasteiger partial charge in [0.15, 0.2) is 0 Å². The molecule has 3 rings (SSSR count). The van der Waals surface area contributed by atoms with Crippen molar-refractivity contribution >= 4 is 11.6 Å². The molecule has 1 amide bonds. The summed E-state index contributed by atoms with van der Waals surface area (Å²) in [7, 11) is 0. The zero-order valence-electron chi connectivity index (χ0n) is 14.4. The molecule has 0 radical (unpaired) electrons. The van der Waals surface area contributed by atoms with E-state index in [0.29, 0.717) is 12.3 Å². The molecule has 1 aliphatic heterocycles. The maximum Gasteiger partial charge on any atom is 0.227 e. The Bertz CT molecular complexity index is 547. The van der Waals surface area contributed by atoms with Gasteiger partial charge in [-0.15, -0.1) is 0 Å². The van der Waals surface area contributed by atoms with Crippen LogP contribution in [0.2, 0.25) is 0 Å². The molecule has 2 N–H and O–H groups in total. The van der Waals surface area contributed by atoms with Crippen LogP contribution in [-0.4, -0.2) is 18.5 Å². The summed E-state index contributed by atoms with van der Waals surface area (Å²) >= 11 is 0. The highest BCUT2D eigenvalue weighted by molar-refractivity contribution is 5.95. The second-order valence-electron chi connectivity index (χ2n) is 7.48. The Balaban J connectivity index is 1.59. The number of carbonyl (C=O) groups excluding carboxylic acids is 1. The number of fused-ring (bicyclic) bond motifs is 1. The van der Waals surface area contributed by atoms with Crippen LogP contribution in [0.3, 0.4) is 0 Å². The number of anilines is 1. The van der Waals surface area contributed by atoms with Crippen molar-refractivity contribution in [2.45, 2.75) is 70.8 Å². The van der Waals surface area contributed by atoms with Crippen molar-refractivity contribution in [3.05, 3.63) is 29.3 Å². The highest BCUT2D eigenvalue weighted by atomic mass is 16.2. The molecule has 1 fully saturated rings. The summed E-state index contributed by atoms with van der Waals surface area (Å²) in [6, 6.07) is 6.68. The molecule has 23 heavy (non-hydrogen) atoms. The molecule has 0 aromatic heterocycles. The van der Waals surface area contributed by atoms with Crippen LogP contribution in [0.1, 0.15) is 63.0 Å². The van der Waals surface area contributed by atoms with Gasteiger partial charge < -0.3 is 10.6 Å². The highest BCUT2D eigenvalue weighted by Crippen LogP contribution is 2.32. The molecular weight excluding hydrogens is 284 g/mol. The molecule has 1 unspecified atom stereocenters. The third kappa shape index (κ3) is 4.14. The van der Waals surface area contributed by atoms with E-state index in [2.05, 4.69) is 18.2 Å². The molecule has 0 spiro atoms. The minimum atomic E-state index is 0.183. The lowest BCUT2D eigenvalue weighted by Crippen LogP contribution is -2.29. The van der Waals surface area contributed by atoms with Crippen LogP contribution in [0.5, 0.6) is 0 Å². The first-order chi connectivity index (χ1) is 11.1. The van der Waals surface area contributed by atoms with E-state index >= 15 is 0 Å². The van der Waals surface area contributed by atoms with Crippen molar-refractivity contribution in [1.82, 2.24) is 0 Å². The van der Waals surface area contributed by atoms with Gasteiger partial charge in [0.1, 0.15) is 0 Å². The van der Waals surface area contributed by atoms with Crippen molar-refractivity contribution in [2.75, 3.05) is 11.4 Å². The van der Waals surface area contributed by atoms with Crippen molar-refractivity contribution < 1.29 is 4.79 Å². The summed E-state index contributed by atoms with van der Waals surface area (Å²) in [6.45, 7) is 2.88. The Kier molecular flexibility index (Phi) is 5.37. The Hall–Kier alpha value is -1.35. The summed E-state index contributed by atoms with van der Waals surface area (Å²) in [6.07, 6.45) is 10.4. The second kappa shape index (κ2) is 7.48. The first-order valence-corrected chi connectivity index (χ1v) is 9.31. The van der Waals surface area contributed by atoms with Crippen LogP contribution in [0, 0.1) is 5.92 Å². The van der Waals surface area contributed by atoms with Crippen LogP contribution in [0.15, 0.2) is 18.2 Å². The summed E-state index contributed by atoms with van der Waals surface area (Å²) in [5.41, 5.74) is 9.62. The molecule has 1 saturated carbocycles. The number of carbonyl (C=O) groups is 1. The fourth-order valence-corrected chi connectivity index (χ4v) is 4.15. The maximum absolute atomic E-state index is 12.6. The van der Waals surface area contributed by atoms with E-state index in [0.717, 1.165) is 37.4 Å². The SMILES string of the molecule is CC(N)Cc1ccc2c(c1)CCN2C(=O)CCC1CCCCC1. The average molecular weight is 314 g/mol. The normalized spacial score (nSPS) is 19.7. The van der Waals surface area contributed by atoms with Crippen LogP contribution in [0.4, 0.5) is 5.69 Å². The van der Waals surface area contributed by atoms with Crippen molar-refractivity contribution in [3.8, 4) is 0 Å². The summed E-state index contributed by atoms with van der Waals surface area (Å²) in [5.74, 6) is 1.09. The fourth-order valence-electron chi connectivity index (χ4n) is 4.15. The molecule has 1 heterocycles. The summed E-state index contributed by atoms with van der Waals surface area (Å²) < 4.78 is 0. The lowest BCUT2D eigenvalue weighted by molar-refractivity contribution is -0.118. The van der Waals surface area contributed by atoms with Gasteiger partial charge in [-0.05, 0) is 49.3 Å². The Morgan fingerprint density at radius 2 is 2.09 bits per heavy atom. The number of nitrogens with zero attached hydrogens (tertiary/aromatic N) is 1. The predicted octanol–water partition coefficient (Wildman–Crippen LogP) is 3.83. The first-order valence-electron chi connectivity index (χ1n) is 9.31. The largest absolute Gasteiger partial charge is 0.328 e. The Labute approximate surface area is 140 Å². The molecule has 3 nitrogen and oxygen atoms in total. The van der Waals surface area contributed by atoms with Crippen molar-refractivity contribution in [1.29, 1.82) is 0 Å². The van der Waals surface area contributed by atoms with Gasteiger partial charge in [0.2, 0.25) is 5.91 Å².